The van der Waals surface area contributed by atoms with Crippen molar-refractivity contribution in [2.75, 3.05) is 6.54 Å². The molecule has 2 heterocycles. The maximum Gasteiger partial charge on any atom is 0.240 e. The Labute approximate surface area is 134 Å². The molecule has 0 aliphatic carbocycles. The molecule has 3 rings (SSSR count). The van der Waals surface area contributed by atoms with Crippen molar-refractivity contribution in [1.82, 2.24) is 14.1 Å². The van der Waals surface area contributed by atoms with Gasteiger partial charge in [0.15, 0.2) is 0 Å². The first-order valence-electron chi connectivity index (χ1n) is 7.01. The minimum Gasteiger partial charge on any atom is -0.307 e. The highest BCUT2D eigenvalue weighted by atomic mass is 32.2. The molecule has 0 aliphatic rings. The third-order valence-electron chi connectivity index (χ3n) is 3.38. The lowest BCUT2D eigenvalue weighted by Gasteiger charge is -2.05. The average Bonchev–Trinajstić information content (AvgIpc) is 2.97. The minimum absolute atomic E-state index is 0.145. The number of nitriles is 1. The average molecular weight is 326 g/mol. The number of aromatic nitrogens is 2. The summed E-state index contributed by atoms with van der Waals surface area (Å²) in [5.41, 5.74) is 2.07. The van der Waals surface area contributed by atoms with Crippen molar-refractivity contribution in [3.05, 3.63) is 66.1 Å². The van der Waals surface area contributed by atoms with Crippen LogP contribution in [0.1, 0.15) is 11.3 Å². The second kappa shape index (κ2) is 6.20. The molecule has 2 aromatic heterocycles. The zero-order valence-corrected chi connectivity index (χ0v) is 13.0. The Balaban J connectivity index is 1.65. The van der Waals surface area contributed by atoms with E-state index in [1.165, 1.54) is 24.3 Å². The number of fused-ring (bicyclic) bond motifs is 1. The summed E-state index contributed by atoms with van der Waals surface area (Å²) in [6.07, 6.45) is 4.27. The Bertz CT molecular complexity index is 936. The SMILES string of the molecule is N#Cc1ccc(S(=O)(=O)NCCc2cn3ccccc3n2)cc1. The standard InChI is InChI=1S/C16H14N4O2S/c17-11-13-4-6-15(7-5-13)23(21,22)18-9-8-14-12-20-10-2-1-3-16(20)19-14/h1-7,10,12,18H,8-9H2. The van der Waals surface area contributed by atoms with E-state index in [9.17, 15) is 8.42 Å². The summed E-state index contributed by atoms with van der Waals surface area (Å²) in [4.78, 5) is 4.56. The van der Waals surface area contributed by atoms with Gasteiger partial charge in [0.25, 0.3) is 0 Å². The molecule has 23 heavy (non-hydrogen) atoms. The molecule has 7 heteroatoms. The molecule has 1 aromatic carbocycles. The molecule has 0 fully saturated rings. The van der Waals surface area contributed by atoms with Gasteiger partial charge in [-0.25, -0.2) is 18.1 Å². The van der Waals surface area contributed by atoms with Gasteiger partial charge in [-0.3, -0.25) is 0 Å². The first-order chi connectivity index (χ1) is 11.1. The van der Waals surface area contributed by atoms with Gasteiger partial charge in [0.2, 0.25) is 10.0 Å². The Hall–Kier alpha value is -2.69. The summed E-state index contributed by atoms with van der Waals surface area (Å²) < 4.78 is 28.8. The van der Waals surface area contributed by atoms with E-state index in [0.717, 1.165) is 11.3 Å². The third kappa shape index (κ3) is 3.39. The van der Waals surface area contributed by atoms with Gasteiger partial charge in [-0.15, -0.1) is 0 Å². The molecule has 0 atom stereocenters. The summed E-state index contributed by atoms with van der Waals surface area (Å²) in [5, 5.41) is 8.73. The largest absolute Gasteiger partial charge is 0.307 e. The number of rotatable bonds is 5. The van der Waals surface area contributed by atoms with Crippen LogP contribution in [0.5, 0.6) is 0 Å². The molecule has 0 aliphatic heterocycles. The summed E-state index contributed by atoms with van der Waals surface area (Å²) in [6.45, 7) is 0.256. The number of hydrogen-bond acceptors (Lipinski definition) is 4. The quantitative estimate of drug-likeness (QED) is 0.773. The van der Waals surface area contributed by atoms with Crippen LogP contribution >= 0.6 is 0 Å². The molecular weight excluding hydrogens is 312 g/mol. The topological polar surface area (TPSA) is 87.3 Å². The molecule has 0 saturated heterocycles. The summed E-state index contributed by atoms with van der Waals surface area (Å²) in [5.74, 6) is 0. The van der Waals surface area contributed by atoms with E-state index < -0.39 is 10.0 Å². The highest BCUT2D eigenvalue weighted by Crippen LogP contribution is 2.10. The lowest BCUT2D eigenvalue weighted by atomic mass is 10.2. The molecular formula is C16H14N4O2S. The number of sulfonamides is 1. The van der Waals surface area contributed by atoms with Crippen LogP contribution in [0, 0.1) is 11.3 Å². The third-order valence-corrected chi connectivity index (χ3v) is 4.86. The number of nitrogens with one attached hydrogen (secondary N) is 1. The number of hydrogen-bond donors (Lipinski definition) is 1. The van der Waals surface area contributed by atoms with Crippen molar-refractivity contribution < 1.29 is 8.42 Å². The van der Waals surface area contributed by atoms with Gasteiger partial charge in [0.1, 0.15) is 5.65 Å². The van der Waals surface area contributed by atoms with Crippen LogP contribution in [-0.2, 0) is 16.4 Å². The molecule has 0 saturated carbocycles. The van der Waals surface area contributed by atoms with Crippen molar-refractivity contribution in [2.45, 2.75) is 11.3 Å². The van der Waals surface area contributed by atoms with E-state index in [1.54, 1.807) is 0 Å². The van der Waals surface area contributed by atoms with Gasteiger partial charge in [0, 0.05) is 25.4 Å². The number of pyridine rings is 1. The molecule has 1 N–H and O–H groups in total. The zero-order chi connectivity index (χ0) is 16.3. The van der Waals surface area contributed by atoms with E-state index >= 15 is 0 Å². The lowest BCUT2D eigenvalue weighted by molar-refractivity contribution is 0.581. The highest BCUT2D eigenvalue weighted by Gasteiger charge is 2.13. The van der Waals surface area contributed by atoms with Crippen LogP contribution in [0.4, 0.5) is 0 Å². The predicted molar refractivity (Wildman–Crippen MR) is 85.2 cm³/mol. The fraction of sp³-hybridized carbons (Fsp3) is 0.125. The molecule has 0 bridgehead atoms. The van der Waals surface area contributed by atoms with Gasteiger partial charge < -0.3 is 4.40 Å². The highest BCUT2D eigenvalue weighted by molar-refractivity contribution is 7.89. The number of nitrogens with zero attached hydrogens (tertiary/aromatic N) is 3. The molecule has 0 radical (unpaired) electrons. The molecule has 116 valence electrons. The van der Waals surface area contributed by atoms with Gasteiger partial charge in [-0.2, -0.15) is 5.26 Å². The van der Waals surface area contributed by atoms with Gasteiger partial charge >= 0.3 is 0 Å². The fourth-order valence-electron chi connectivity index (χ4n) is 2.21. The first kappa shape index (κ1) is 15.2. The zero-order valence-electron chi connectivity index (χ0n) is 12.2. The van der Waals surface area contributed by atoms with Crippen LogP contribution in [0.3, 0.4) is 0 Å². The van der Waals surface area contributed by atoms with E-state index in [2.05, 4.69) is 9.71 Å². The molecule has 0 spiro atoms. The van der Waals surface area contributed by atoms with Crippen LogP contribution < -0.4 is 4.72 Å². The maximum atomic E-state index is 12.2. The van der Waals surface area contributed by atoms with Crippen LogP contribution in [-0.4, -0.2) is 24.3 Å². The second-order valence-electron chi connectivity index (χ2n) is 4.98. The van der Waals surface area contributed by atoms with E-state index in [4.69, 9.17) is 5.26 Å². The van der Waals surface area contributed by atoms with Crippen molar-refractivity contribution >= 4 is 15.7 Å². The smallest absolute Gasteiger partial charge is 0.240 e. The number of benzene rings is 1. The van der Waals surface area contributed by atoms with Crippen LogP contribution in [0.2, 0.25) is 0 Å². The Kier molecular flexibility index (Phi) is 4.10. The van der Waals surface area contributed by atoms with Crippen molar-refractivity contribution in [2.24, 2.45) is 0 Å². The molecule has 0 amide bonds. The normalized spacial score (nSPS) is 11.4. The van der Waals surface area contributed by atoms with Gasteiger partial charge in [-0.05, 0) is 36.4 Å². The van der Waals surface area contributed by atoms with E-state index in [0.29, 0.717) is 12.0 Å². The monoisotopic (exact) mass is 326 g/mol. The van der Waals surface area contributed by atoms with Gasteiger partial charge in [-0.1, -0.05) is 6.07 Å². The Morgan fingerprint density at radius 1 is 1.17 bits per heavy atom. The van der Waals surface area contributed by atoms with Crippen molar-refractivity contribution in [3.8, 4) is 6.07 Å². The first-order valence-corrected chi connectivity index (χ1v) is 8.49. The van der Waals surface area contributed by atoms with Gasteiger partial charge in [0.05, 0.1) is 22.2 Å². The Morgan fingerprint density at radius 2 is 1.96 bits per heavy atom. The van der Waals surface area contributed by atoms with E-state index in [1.807, 2.05) is 41.1 Å². The second-order valence-corrected chi connectivity index (χ2v) is 6.75. The van der Waals surface area contributed by atoms with Crippen molar-refractivity contribution in [1.29, 1.82) is 5.26 Å². The maximum absolute atomic E-state index is 12.2. The predicted octanol–water partition coefficient (Wildman–Crippen LogP) is 1.73. The lowest BCUT2D eigenvalue weighted by Crippen LogP contribution is -2.26. The number of imidazole rings is 1. The molecule has 6 nitrogen and oxygen atoms in total. The van der Waals surface area contributed by atoms with Crippen LogP contribution in [0.15, 0.2) is 59.8 Å². The van der Waals surface area contributed by atoms with Crippen LogP contribution in [0.25, 0.3) is 5.65 Å². The summed E-state index contributed by atoms with van der Waals surface area (Å²) in [6, 6.07) is 13.5. The summed E-state index contributed by atoms with van der Waals surface area (Å²) in [7, 11) is -3.58. The van der Waals surface area contributed by atoms with Crippen molar-refractivity contribution in [3.63, 3.8) is 0 Å². The Morgan fingerprint density at radius 3 is 2.65 bits per heavy atom. The van der Waals surface area contributed by atoms with E-state index in [-0.39, 0.29) is 11.4 Å². The molecule has 3 aromatic rings. The fourth-order valence-corrected chi connectivity index (χ4v) is 3.24. The molecule has 0 unspecified atom stereocenters. The minimum atomic E-state index is -3.58. The summed E-state index contributed by atoms with van der Waals surface area (Å²) >= 11 is 0.